The third-order valence-corrected chi connectivity index (χ3v) is 3.80. The van der Waals surface area contributed by atoms with E-state index in [0.29, 0.717) is 12.0 Å². The van der Waals surface area contributed by atoms with Gasteiger partial charge in [0, 0.05) is 11.1 Å². The smallest absolute Gasteiger partial charge is 0.326 e. The molecule has 1 aromatic carbocycles. The van der Waals surface area contributed by atoms with Crippen molar-refractivity contribution in [1.82, 2.24) is 15.5 Å². The predicted molar refractivity (Wildman–Crippen MR) is 83.0 cm³/mol. The normalized spacial score (nSPS) is 13.5. The average Bonchev–Trinajstić information content (AvgIpc) is 3.09. The maximum atomic E-state index is 12.4. The number of rotatable bonds is 7. The number of hydrogen-bond donors (Lipinski definition) is 2. The van der Waals surface area contributed by atoms with Crippen LogP contribution in [0.15, 0.2) is 28.8 Å². The molecule has 9 heteroatoms. The molecule has 1 aromatic heterocycles. The van der Waals surface area contributed by atoms with E-state index in [2.05, 4.69) is 20.0 Å². The number of nitrogens with one attached hydrogen (secondary N) is 1. The molecular formula is C16H17F2N3O4. The van der Waals surface area contributed by atoms with Gasteiger partial charge in [0.2, 0.25) is 5.82 Å². The van der Waals surface area contributed by atoms with Crippen molar-refractivity contribution in [1.29, 1.82) is 0 Å². The molecule has 0 saturated carbocycles. The molecule has 0 radical (unpaired) electrons. The van der Waals surface area contributed by atoms with Gasteiger partial charge in [-0.3, -0.25) is 4.79 Å². The van der Waals surface area contributed by atoms with E-state index in [1.165, 1.54) is 24.3 Å². The molecule has 0 aliphatic carbocycles. The van der Waals surface area contributed by atoms with Gasteiger partial charge in [-0.1, -0.05) is 37.6 Å². The minimum absolute atomic E-state index is 0.0229. The SMILES string of the molecule is CC[C@H](C)[C@H](NC(=O)c1ccc(-c2noc(C(F)F)n2)cc1)C(=O)O. The van der Waals surface area contributed by atoms with Gasteiger partial charge in [-0.2, -0.15) is 13.8 Å². The molecule has 0 unspecified atom stereocenters. The second-order valence-electron chi connectivity index (χ2n) is 5.51. The van der Waals surface area contributed by atoms with Crippen LogP contribution in [0.25, 0.3) is 11.4 Å². The molecule has 2 N–H and O–H groups in total. The Morgan fingerprint density at radius 2 is 1.92 bits per heavy atom. The summed E-state index contributed by atoms with van der Waals surface area (Å²) in [4.78, 5) is 27.0. The first-order valence-corrected chi connectivity index (χ1v) is 7.59. The van der Waals surface area contributed by atoms with Crippen molar-refractivity contribution < 1.29 is 28.0 Å². The largest absolute Gasteiger partial charge is 0.480 e. The molecular weight excluding hydrogens is 336 g/mol. The minimum atomic E-state index is -2.86. The summed E-state index contributed by atoms with van der Waals surface area (Å²) in [6.45, 7) is 3.57. The summed E-state index contributed by atoms with van der Waals surface area (Å²) in [6, 6.07) is 4.79. The number of aliphatic carboxylic acids is 1. The van der Waals surface area contributed by atoms with E-state index in [9.17, 15) is 23.5 Å². The fourth-order valence-electron chi connectivity index (χ4n) is 2.12. The highest BCUT2D eigenvalue weighted by molar-refractivity contribution is 5.97. The van der Waals surface area contributed by atoms with Crippen molar-refractivity contribution in [3.05, 3.63) is 35.7 Å². The third-order valence-electron chi connectivity index (χ3n) is 3.80. The fraction of sp³-hybridized carbons (Fsp3) is 0.375. The zero-order valence-electron chi connectivity index (χ0n) is 13.6. The Hall–Kier alpha value is -2.84. The molecule has 1 amide bonds. The average molecular weight is 353 g/mol. The Morgan fingerprint density at radius 3 is 2.40 bits per heavy atom. The van der Waals surface area contributed by atoms with Crippen LogP contribution in [0.3, 0.4) is 0 Å². The van der Waals surface area contributed by atoms with Gasteiger partial charge in [0.05, 0.1) is 0 Å². The number of alkyl halides is 2. The number of hydrogen-bond acceptors (Lipinski definition) is 5. The number of carboxylic acid groups (broad SMARTS) is 1. The number of carbonyl (C=O) groups excluding carboxylic acids is 1. The Labute approximate surface area is 142 Å². The topological polar surface area (TPSA) is 105 Å². The Kier molecular flexibility index (Phi) is 5.79. The van der Waals surface area contributed by atoms with Gasteiger partial charge in [-0.05, 0) is 18.1 Å². The molecule has 0 bridgehead atoms. The van der Waals surface area contributed by atoms with Crippen molar-refractivity contribution in [2.24, 2.45) is 5.92 Å². The van der Waals surface area contributed by atoms with Gasteiger partial charge in [-0.25, -0.2) is 4.79 Å². The number of halogens is 2. The second-order valence-corrected chi connectivity index (χ2v) is 5.51. The summed E-state index contributed by atoms with van der Waals surface area (Å²) in [5.41, 5.74) is 0.625. The predicted octanol–water partition coefficient (Wildman–Crippen LogP) is 2.90. The number of amides is 1. The maximum absolute atomic E-state index is 12.4. The summed E-state index contributed by atoms with van der Waals surface area (Å²) < 4.78 is 29.3. The molecule has 2 atom stereocenters. The van der Waals surface area contributed by atoms with Gasteiger partial charge in [-0.15, -0.1) is 0 Å². The first kappa shape index (κ1) is 18.5. The highest BCUT2D eigenvalue weighted by atomic mass is 19.3. The highest BCUT2D eigenvalue weighted by Gasteiger charge is 2.25. The van der Waals surface area contributed by atoms with E-state index < -0.39 is 30.2 Å². The summed E-state index contributed by atoms with van der Waals surface area (Å²) in [5.74, 6) is -2.68. The molecule has 25 heavy (non-hydrogen) atoms. The van der Waals surface area contributed by atoms with Crippen LogP contribution in [-0.2, 0) is 4.79 Å². The van der Waals surface area contributed by atoms with Crippen LogP contribution in [0.5, 0.6) is 0 Å². The molecule has 0 aliphatic rings. The molecule has 134 valence electrons. The van der Waals surface area contributed by atoms with E-state index in [1.807, 2.05) is 6.92 Å². The zero-order chi connectivity index (χ0) is 18.6. The Morgan fingerprint density at radius 1 is 1.28 bits per heavy atom. The van der Waals surface area contributed by atoms with Crippen molar-refractivity contribution >= 4 is 11.9 Å². The monoisotopic (exact) mass is 353 g/mol. The molecule has 0 fully saturated rings. The number of carbonyl (C=O) groups is 2. The number of carboxylic acids is 1. The lowest BCUT2D eigenvalue weighted by Gasteiger charge is -2.20. The number of nitrogens with zero attached hydrogens (tertiary/aromatic N) is 2. The van der Waals surface area contributed by atoms with Gasteiger partial charge in [0.25, 0.3) is 11.8 Å². The van der Waals surface area contributed by atoms with E-state index >= 15 is 0 Å². The van der Waals surface area contributed by atoms with Gasteiger partial charge in [0.15, 0.2) is 0 Å². The van der Waals surface area contributed by atoms with E-state index in [4.69, 9.17) is 0 Å². The van der Waals surface area contributed by atoms with Crippen molar-refractivity contribution in [2.45, 2.75) is 32.7 Å². The van der Waals surface area contributed by atoms with Crippen molar-refractivity contribution in [3.8, 4) is 11.4 Å². The van der Waals surface area contributed by atoms with Crippen LogP contribution in [0.4, 0.5) is 8.78 Å². The second kappa shape index (κ2) is 7.82. The first-order valence-electron chi connectivity index (χ1n) is 7.59. The lowest BCUT2D eigenvalue weighted by atomic mass is 9.99. The van der Waals surface area contributed by atoms with E-state index in [-0.39, 0.29) is 17.3 Å². The van der Waals surface area contributed by atoms with Crippen LogP contribution in [0.2, 0.25) is 0 Å². The van der Waals surface area contributed by atoms with Crippen molar-refractivity contribution in [2.75, 3.05) is 0 Å². The number of aromatic nitrogens is 2. The summed E-state index contributed by atoms with van der Waals surface area (Å²) in [7, 11) is 0. The van der Waals surface area contributed by atoms with Gasteiger partial charge < -0.3 is 14.9 Å². The number of benzene rings is 1. The minimum Gasteiger partial charge on any atom is -0.480 e. The quantitative estimate of drug-likeness (QED) is 0.793. The molecule has 7 nitrogen and oxygen atoms in total. The molecule has 0 aliphatic heterocycles. The summed E-state index contributed by atoms with van der Waals surface area (Å²) >= 11 is 0. The van der Waals surface area contributed by atoms with Gasteiger partial charge in [0.1, 0.15) is 6.04 Å². The fourth-order valence-corrected chi connectivity index (χ4v) is 2.12. The van der Waals surface area contributed by atoms with Crippen LogP contribution < -0.4 is 5.32 Å². The first-order chi connectivity index (χ1) is 11.8. The summed E-state index contributed by atoms with van der Waals surface area (Å²) in [6.07, 6.45) is -2.26. The molecule has 0 saturated heterocycles. The van der Waals surface area contributed by atoms with Crippen molar-refractivity contribution in [3.63, 3.8) is 0 Å². The molecule has 0 spiro atoms. The molecule has 2 aromatic rings. The van der Waals surface area contributed by atoms with Crippen LogP contribution in [0, 0.1) is 5.92 Å². The van der Waals surface area contributed by atoms with Gasteiger partial charge >= 0.3 is 12.4 Å². The summed E-state index contributed by atoms with van der Waals surface area (Å²) in [5, 5.41) is 15.1. The third kappa shape index (κ3) is 4.37. The van der Waals surface area contributed by atoms with Crippen LogP contribution >= 0.6 is 0 Å². The van der Waals surface area contributed by atoms with E-state index in [1.54, 1.807) is 6.92 Å². The van der Waals surface area contributed by atoms with Crippen LogP contribution in [-0.4, -0.2) is 33.2 Å². The molecule has 2 rings (SSSR count). The lowest BCUT2D eigenvalue weighted by molar-refractivity contribution is -0.140. The maximum Gasteiger partial charge on any atom is 0.326 e. The zero-order valence-corrected chi connectivity index (χ0v) is 13.6. The van der Waals surface area contributed by atoms with E-state index in [0.717, 1.165) is 0 Å². The highest BCUT2D eigenvalue weighted by Crippen LogP contribution is 2.22. The standard InChI is InChI=1S/C16H17F2N3O4/c1-3-8(2)11(16(23)24)19-14(22)10-6-4-9(5-7-10)13-20-15(12(17)18)25-21-13/h4-8,11-12H,3H2,1-2H3,(H,19,22)(H,23,24)/t8-,11-/m0/s1. The Bertz CT molecular complexity index is 746. The lowest BCUT2D eigenvalue weighted by Crippen LogP contribution is -2.45. The molecule has 1 heterocycles. The Balaban J connectivity index is 2.12. The van der Waals surface area contributed by atoms with Crippen LogP contribution in [0.1, 0.15) is 42.9 Å².